The topological polar surface area (TPSA) is 0 Å². The van der Waals surface area contributed by atoms with E-state index in [-0.39, 0.29) is 0 Å². The summed E-state index contributed by atoms with van der Waals surface area (Å²) in [7, 11) is 3.16. The van der Waals surface area contributed by atoms with Gasteiger partial charge in [0, 0.05) is 0 Å². The molecule has 0 unspecified atom stereocenters. The maximum absolute atomic E-state index is 3.16. The van der Waals surface area contributed by atoms with E-state index >= 15 is 0 Å². The summed E-state index contributed by atoms with van der Waals surface area (Å²) in [4.78, 5) is 0. The molecule has 0 N–H and O–H groups in total. The summed E-state index contributed by atoms with van der Waals surface area (Å²) in [5.74, 6) is 1.93. The molecule has 0 amide bonds. The van der Waals surface area contributed by atoms with Gasteiger partial charge in [0.1, 0.15) is 0 Å². The molecule has 0 aromatic carbocycles. The van der Waals surface area contributed by atoms with E-state index in [9.17, 15) is 0 Å². The molecule has 0 aromatic rings. The summed E-state index contributed by atoms with van der Waals surface area (Å²) >= 11 is 2.08. The van der Waals surface area contributed by atoms with Gasteiger partial charge in [0.05, 0.1) is 0 Å². The third-order valence-electron chi connectivity index (χ3n) is 0.102. The third-order valence-corrected chi connectivity index (χ3v) is 1.59. The van der Waals surface area contributed by atoms with E-state index in [1.54, 1.807) is 0 Å². The average molecular weight is 132 g/mol. The summed E-state index contributed by atoms with van der Waals surface area (Å²) in [6.45, 7) is 0. The molecule has 2 heteroatoms. The quantitative estimate of drug-likeness (QED) is 0.360. The third kappa shape index (κ3) is 2.71. The van der Waals surface area contributed by atoms with Gasteiger partial charge in [-0.2, -0.15) is 0 Å². The average Bonchev–Trinajstić information content (AvgIpc) is 1.37. The zero-order chi connectivity index (χ0) is 3.41. The van der Waals surface area contributed by atoms with E-state index in [4.69, 9.17) is 0 Å². The predicted octanol–water partition coefficient (Wildman–Crippen LogP) is 0.518. The second-order valence-electron chi connectivity index (χ2n) is 0.408. The molecular formula is C2H4GeP. The van der Waals surface area contributed by atoms with Crippen LogP contribution in [0.25, 0.3) is 0 Å². The van der Waals surface area contributed by atoms with Crippen molar-refractivity contribution >= 4 is 31.2 Å². The molecule has 0 aliphatic carbocycles. The molecule has 0 bridgehead atoms. The van der Waals surface area contributed by atoms with Crippen LogP contribution in [0, 0.1) is 0 Å². The second kappa shape index (κ2) is 3.71. The van der Waals surface area contributed by atoms with Crippen LogP contribution in [0.3, 0.4) is 0 Å². The fourth-order valence-electron chi connectivity index (χ4n) is 0. The Morgan fingerprint density at radius 2 is 2.25 bits per heavy atom. The Balaban J connectivity index is 2.30. The van der Waals surface area contributed by atoms with Crippen molar-refractivity contribution in [2.24, 2.45) is 0 Å². The van der Waals surface area contributed by atoms with E-state index in [0.717, 1.165) is 5.25 Å². The standard InChI is InChI=1S/C2H4GeP/c3-1-2-4/h2,4H,1H2. The molecule has 0 aliphatic heterocycles. The monoisotopic (exact) mass is 133 g/mol. The predicted molar refractivity (Wildman–Crippen MR) is 24.9 cm³/mol. The minimum absolute atomic E-state index is 1.11. The van der Waals surface area contributed by atoms with Crippen molar-refractivity contribution in [3.63, 3.8) is 0 Å². The van der Waals surface area contributed by atoms with Crippen molar-refractivity contribution in [3.8, 4) is 0 Å². The van der Waals surface area contributed by atoms with Gasteiger partial charge >= 0.3 is 36.4 Å². The number of rotatable bonds is 1. The molecule has 3 radical (unpaired) electrons. The normalized spacial score (nSPS) is 6.25. The Hall–Kier alpha value is 0.713. The first-order chi connectivity index (χ1) is 1.91. The molecule has 0 aromatic heterocycles. The fourth-order valence-corrected chi connectivity index (χ4v) is 0. The first-order valence-corrected chi connectivity index (χ1v) is 3.11. The molecule has 21 valence electrons. The molecule has 0 rings (SSSR count). The Morgan fingerprint density at radius 3 is 2.25 bits per heavy atom. The van der Waals surface area contributed by atoms with E-state index in [2.05, 4.69) is 25.4 Å². The summed E-state index contributed by atoms with van der Waals surface area (Å²) in [5.41, 5.74) is 0. The van der Waals surface area contributed by atoms with Crippen LogP contribution in [0.5, 0.6) is 0 Å². The molecule has 0 atom stereocenters. The van der Waals surface area contributed by atoms with Gasteiger partial charge in [0.15, 0.2) is 0 Å². The van der Waals surface area contributed by atoms with Crippen LogP contribution in [-0.4, -0.2) is 22.3 Å². The number of hydrogen-bond donors (Lipinski definition) is 0. The van der Waals surface area contributed by atoms with Crippen molar-refractivity contribution in [2.75, 3.05) is 0 Å². The van der Waals surface area contributed by atoms with Gasteiger partial charge in [-0.3, -0.25) is 0 Å². The van der Waals surface area contributed by atoms with E-state index in [0.29, 0.717) is 0 Å². The molecule has 0 saturated heterocycles. The molecular weight excluding hydrogens is 128 g/mol. The summed E-state index contributed by atoms with van der Waals surface area (Å²) < 4.78 is 0. The van der Waals surface area contributed by atoms with Crippen LogP contribution >= 0.6 is 8.86 Å². The zero-order valence-corrected chi connectivity index (χ0v) is 5.38. The molecule has 0 heterocycles. The Labute approximate surface area is 37.0 Å². The summed E-state index contributed by atoms with van der Waals surface area (Å²) in [5, 5.41) is 1.11. The van der Waals surface area contributed by atoms with Crippen LogP contribution < -0.4 is 0 Å². The van der Waals surface area contributed by atoms with Crippen molar-refractivity contribution in [1.82, 2.24) is 0 Å². The molecule has 0 saturated carbocycles. The molecule has 0 spiro atoms. The minimum atomic E-state index is 1.11. The Kier molecular flexibility index (Phi) is 4.37. The van der Waals surface area contributed by atoms with Crippen LogP contribution in [0.2, 0.25) is 5.25 Å². The first-order valence-electron chi connectivity index (χ1n) is 1.05. The van der Waals surface area contributed by atoms with Crippen LogP contribution in [0.1, 0.15) is 0 Å². The Bertz CT molecular complexity index is 20.0. The van der Waals surface area contributed by atoms with Gasteiger partial charge in [-0.05, 0) is 0 Å². The maximum atomic E-state index is 3.16. The van der Waals surface area contributed by atoms with Gasteiger partial charge in [0.2, 0.25) is 0 Å². The zero-order valence-electron chi connectivity index (χ0n) is 2.28. The van der Waals surface area contributed by atoms with Crippen LogP contribution in [0.4, 0.5) is 0 Å². The molecule has 4 heavy (non-hydrogen) atoms. The van der Waals surface area contributed by atoms with Crippen LogP contribution in [-0.2, 0) is 0 Å². The molecule has 0 nitrogen and oxygen atoms in total. The van der Waals surface area contributed by atoms with Gasteiger partial charge in [0.25, 0.3) is 0 Å². The van der Waals surface area contributed by atoms with E-state index in [1.807, 2.05) is 5.80 Å². The number of hydrogen-bond acceptors (Lipinski definition) is 0. The van der Waals surface area contributed by atoms with Gasteiger partial charge in [-0.15, -0.1) is 0 Å². The first kappa shape index (κ1) is 4.71. The molecule has 0 fully saturated rings. The van der Waals surface area contributed by atoms with Crippen molar-refractivity contribution in [3.05, 3.63) is 0 Å². The fraction of sp³-hybridized carbons (Fsp3) is 0.500. The van der Waals surface area contributed by atoms with Gasteiger partial charge in [-0.25, -0.2) is 0 Å². The Morgan fingerprint density at radius 1 is 2.00 bits per heavy atom. The van der Waals surface area contributed by atoms with Gasteiger partial charge < -0.3 is 0 Å². The van der Waals surface area contributed by atoms with Crippen molar-refractivity contribution < 1.29 is 0 Å². The van der Waals surface area contributed by atoms with Gasteiger partial charge in [-0.1, -0.05) is 0 Å². The van der Waals surface area contributed by atoms with Crippen LogP contribution in [0.15, 0.2) is 0 Å². The van der Waals surface area contributed by atoms with Crippen molar-refractivity contribution in [1.29, 1.82) is 0 Å². The van der Waals surface area contributed by atoms with Crippen molar-refractivity contribution in [2.45, 2.75) is 5.25 Å². The summed E-state index contributed by atoms with van der Waals surface area (Å²) in [6.07, 6.45) is 0. The SMILES string of the molecule is P=C[CH2][Ge]. The van der Waals surface area contributed by atoms with E-state index < -0.39 is 0 Å². The second-order valence-corrected chi connectivity index (χ2v) is 1.67. The molecule has 0 aliphatic rings. The van der Waals surface area contributed by atoms with E-state index in [1.165, 1.54) is 0 Å². The summed E-state index contributed by atoms with van der Waals surface area (Å²) in [6, 6.07) is 0.